The number of para-hydroxylation sites is 1. The van der Waals surface area contributed by atoms with Crippen molar-refractivity contribution in [1.82, 2.24) is 10.2 Å². The van der Waals surface area contributed by atoms with Crippen LogP contribution in [-0.4, -0.2) is 36.3 Å². The highest BCUT2D eigenvalue weighted by Gasteiger charge is 2.14. The summed E-state index contributed by atoms with van der Waals surface area (Å²) in [6, 6.07) is 9.86. The minimum absolute atomic E-state index is 0.0251. The highest BCUT2D eigenvalue weighted by atomic mass is 32.1. The number of carbonyl (C=O) groups excluding carboxylic acids is 2. The fraction of sp³-hybridized carbons (Fsp3) is 0.294. The van der Waals surface area contributed by atoms with E-state index in [0.29, 0.717) is 13.1 Å². The monoisotopic (exact) mass is 349 g/mol. The smallest absolute Gasteiger partial charge is 0.238 e. The van der Waals surface area contributed by atoms with Gasteiger partial charge in [-0.15, -0.1) is 11.3 Å². The lowest BCUT2D eigenvalue weighted by atomic mass is 10.3. The van der Waals surface area contributed by atoms with Crippen LogP contribution < -0.4 is 10.6 Å². The molecule has 1 heterocycles. The van der Waals surface area contributed by atoms with Gasteiger partial charge in [-0.05, 0) is 30.1 Å². The number of nitrogens with zero attached hydrogens (tertiary/aromatic N) is 1. The van der Waals surface area contributed by atoms with Crippen molar-refractivity contribution >= 4 is 28.8 Å². The van der Waals surface area contributed by atoms with E-state index in [4.69, 9.17) is 0 Å². The van der Waals surface area contributed by atoms with Crippen LogP contribution in [0.15, 0.2) is 41.8 Å². The molecule has 128 valence electrons. The summed E-state index contributed by atoms with van der Waals surface area (Å²) in [5, 5.41) is 7.29. The topological polar surface area (TPSA) is 61.4 Å². The van der Waals surface area contributed by atoms with Crippen molar-refractivity contribution in [1.29, 1.82) is 0 Å². The third-order valence-corrected chi connectivity index (χ3v) is 4.25. The summed E-state index contributed by atoms with van der Waals surface area (Å²) < 4.78 is 13.5. The summed E-state index contributed by atoms with van der Waals surface area (Å²) in [5.41, 5.74) is 0.140. The molecule has 0 saturated carbocycles. The quantitative estimate of drug-likeness (QED) is 0.770. The fourth-order valence-corrected chi connectivity index (χ4v) is 2.74. The molecule has 0 spiro atoms. The number of benzene rings is 1. The lowest BCUT2D eigenvalue weighted by Gasteiger charge is -2.19. The van der Waals surface area contributed by atoms with Gasteiger partial charge in [-0.1, -0.05) is 25.1 Å². The van der Waals surface area contributed by atoms with Gasteiger partial charge in [-0.2, -0.15) is 0 Å². The first-order valence-corrected chi connectivity index (χ1v) is 8.52. The van der Waals surface area contributed by atoms with Gasteiger partial charge >= 0.3 is 0 Å². The van der Waals surface area contributed by atoms with Gasteiger partial charge in [-0.3, -0.25) is 14.5 Å². The van der Waals surface area contributed by atoms with Crippen molar-refractivity contribution < 1.29 is 14.0 Å². The summed E-state index contributed by atoms with van der Waals surface area (Å²) in [7, 11) is 0. The van der Waals surface area contributed by atoms with Crippen LogP contribution in [0.25, 0.3) is 0 Å². The van der Waals surface area contributed by atoms with Gasteiger partial charge < -0.3 is 10.6 Å². The highest BCUT2D eigenvalue weighted by molar-refractivity contribution is 7.09. The number of hydrogen-bond acceptors (Lipinski definition) is 4. The number of anilines is 1. The Bertz CT molecular complexity index is 676. The summed E-state index contributed by atoms with van der Waals surface area (Å²) in [6.07, 6.45) is 0. The molecule has 1 aromatic heterocycles. The van der Waals surface area contributed by atoms with Crippen LogP contribution in [0.4, 0.5) is 10.1 Å². The normalized spacial score (nSPS) is 10.6. The molecule has 0 aliphatic carbocycles. The van der Waals surface area contributed by atoms with Crippen molar-refractivity contribution in [2.45, 2.75) is 13.5 Å². The van der Waals surface area contributed by atoms with Gasteiger partial charge in [0.15, 0.2) is 0 Å². The Labute approximate surface area is 144 Å². The van der Waals surface area contributed by atoms with Crippen LogP contribution >= 0.6 is 11.3 Å². The Morgan fingerprint density at radius 2 is 1.88 bits per heavy atom. The predicted molar refractivity (Wildman–Crippen MR) is 93.3 cm³/mol. The average Bonchev–Trinajstić information content (AvgIpc) is 3.08. The standard InChI is InChI=1S/C17H20FN3O2S/c1-2-21(11-16(22)19-10-13-6-5-9-24-13)12-17(23)20-15-8-4-3-7-14(15)18/h3-9H,2,10-12H2,1H3,(H,19,22)(H,20,23). The molecule has 0 aliphatic rings. The van der Waals surface area contributed by atoms with Crippen LogP contribution in [-0.2, 0) is 16.1 Å². The number of rotatable bonds is 8. The van der Waals surface area contributed by atoms with E-state index in [1.165, 1.54) is 12.1 Å². The minimum atomic E-state index is -0.484. The van der Waals surface area contributed by atoms with E-state index in [-0.39, 0.29) is 30.6 Å². The van der Waals surface area contributed by atoms with Gasteiger partial charge in [0, 0.05) is 4.88 Å². The van der Waals surface area contributed by atoms with Gasteiger partial charge in [0.1, 0.15) is 5.82 Å². The van der Waals surface area contributed by atoms with Crippen molar-refractivity contribution in [3.63, 3.8) is 0 Å². The summed E-state index contributed by atoms with van der Waals surface area (Å²) in [5.74, 6) is -0.987. The molecular formula is C17H20FN3O2S. The fourth-order valence-electron chi connectivity index (χ4n) is 2.09. The first-order valence-electron chi connectivity index (χ1n) is 7.64. The van der Waals surface area contributed by atoms with Crippen LogP contribution in [0.2, 0.25) is 0 Å². The molecule has 0 fully saturated rings. The Morgan fingerprint density at radius 1 is 1.12 bits per heavy atom. The van der Waals surface area contributed by atoms with Gasteiger partial charge in [0.2, 0.25) is 11.8 Å². The lowest BCUT2D eigenvalue weighted by molar-refractivity contribution is -0.123. The van der Waals surface area contributed by atoms with E-state index in [1.54, 1.807) is 28.4 Å². The molecule has 2 aromatic rings. The molecule has 2 rings (SSSR count). The number of likely N-dealkylation sites (N-methyl/N-ethyl adjacent to an activating group) is 1. The molecule has 2 N–H and O–H groups in total. The Balaban J connectivity index is 1.79. The third kappa shape index (κ3) is 5.75. The van der Waals surface area contributed by atoms with E-state index in [2.05, 4.69) is 10.6 Å². The number of amides is 2. The molecule has 0 unspecified atom stereocenters. The summed E-state index contributed by atoms with van der Waals surface area (Å²) in [4.78, 5) is 26.7. The zero-order valence-corrected chi connectivity index (χ0v) is 14.2. The van der Waals surface area contributed by atoms with E-state index in [1.807, 2.05) is 24.4 Å². The maximum absolute atomic E-state index is 13.5. The molecular weight excluding hydrogens is 329 g/mol. The van der Waals surface area contributed by atoms with Crippen molar-refractivity contribution in [2.75, 3.05) is 25.0 Å². The van der Waals surface area contributed by atoms with E-state index >= 15 is 0 Å². The Morgan fingerprint density at radius 3 is 2.54 bits per heavy atom. The van der Waals surface area contributed by atoms with Crippen molar-refractivity contribution in [3.05, 3.63) is 52.5 Å². The van der Waals surface area contributed by atoms with Gasteiger partial charge in [0.25, 0.3) is 0 Å². The average molecular weight is 349 g/mol. The largest absolute Gasteiger partial charge is 0.350 e. The van der Waals surface area contributed by atoms with Gasteiger partial charge in [0.05, 0.1) is 25.3 Å². The van der Waals surface area contributed by atoms with Crippen LogP contribution in [0.3, 0.4) is 0 Å². The second-order valence-electron chi connectivity index (χ2n) is 5.19. The Hall–Kier alpha value is -2.25. The minimum Gasteiger partial charge on any atom is -0.350 e. The second kappa shape index (κ2) is 9.14. The molecule has 0 saturated heterocycles. The maximum Gasteiger partial charge on any atom is 0.238 e. The first-order chi connectivity index (χ1) is 11.6. The molecule has 0 bridgehead atoms. The molecule has 0 atom stereocenters. The molecule has 5 nitrogen and oxygen atoms in total. The number of nitrogens with one attached hydrogen (secondary N) is 2. The summed E-state index contributed by atoms with van der Waals surface area (Å²) in [6.45, 7) is 3.03. The molecule has 1 aromatic carbocycles. The van der Waals surface area contributed by atoms with E-state index in [0.717, 1.165) is 4.88 Å². The third-order valence-electron chi connectivity index (χ3n) is 3.37. The van der Waals surface area contributed by atoms with Crippen molar-refractivity contribution in [2.24, 2.45) is 0 Å². The molecule has 24 heavy (non-hydrogen) atoms. The number of carbonyl (C=O) groups is 2. The zero-order chi connectivity index (χ0) is 17.4. The Kier molecular flexibility index (Phi) is 6.89. The SMILES string of the molecule is CCN(CC(=O)NCc1cccs1)CC(=O)Nc1ccccc1F. The van der Waals surface area contributed by atoms with Crippen LogP contribution in [0, 0.1) is 5.82 Å². The molecule has 0 aliphatic heterocycles. The summed E-state index contributed by atoms with van der Waals surface area (Å²) >= 11 is 1.57. The maximum atomic E-state index is 13.5. The number of thiophene rings is 1. The predicted octanol–water partition coefficient (Wildman–Crippen LogP) is 2.46. The molecule has 2 amide bonds. The first kappa shape index (κ1) is 18.1. The second-order valence-corrected chi connectivity index (χ2v) is 6.22. The van der Waals surface area contributed by atoms with Crippen molar-refractivity contribution in [3.8, 4) is 0 Å². The molecule has 7 heteroatoms. The van der Waals surface area contributed by atoms with E-state index < -0.39 is 5.82 Å². The zero-order valence-electron chi connectivity index (χ0n) is 13.4. The highest BCUT2D eigenvalue weighted by Crippen LogP contribution is 2.12. The molecule has 0 radical (unpaired) electrons. The number of hydrogen-bond donors (Lipinski definition) is 2. The lowest BCUT2D eigenvalue weighted by Crippen LogP contribution is -2.40. The van der Waals surface area contributed by atoms with Crippen LogP contribution in [0.5, 0.6) is 0 Å². The van der Waals surface area contributed by atoms with E-state index in [9.17, 15) is 14.0 Å². The van der Waals surface area contributed by atoms with Crippen LogP contribution in [0.1, 0.15) is 11.8 Å². The number of halogens is 1. The van der Waals surface area contributed by atoms with Gasteiger partial charge in [-0.25, -0.2) is 4.39 Å².